The fraction of sp³-hybridized carbons (Fsp3) is 0.417. The van der Waals surface area contributed by atoms with Crippen molar-refractivity contribution in [1.82, 2.24) is 4.72 Å². The van der Waals surface area contributed by atoms with E-state index in [0.717, 1.165) is 6.42 Å². The first-order chi connectivity index (χ1) is 9.42. The number of anilines is 1. The zero-order chi connectivity index (χ0) is 14.8. The molecule has 20 heavy (non-hydrogen) atoms. The molecule has 3 N–H and O–H groups in total. The summed E-state index contributed by atoms with van der Waals surface area (Å²) < 4.78 is 31.5. The molecule has 0 amide bonds. The summed E-state index contributed by atoms with van der Waals surface area (Å²) in [4.78, 5) is 10.4. The van der Waals surface area contributed by atoms with Gasteiger partial charge in [0.1, 0.15) is 18.4 Å². The molecule has 1 atom stereocenters. The first-order valence-electron chi connectivity index (χ1n) is 6.18. The lowest BCUT2D eigenvalue weighted by Gasteiger charge is -2.26. The highest BCUT2D eigenvalue weighted by molar-refractivity contribution is 7.89. The first kappa shape index (κ1) is 14.6. The third kappa shape index (κ3) is 3.20. The van der Waals surface area contributed by atoms with Gasteiger partial charge in [-0.25, -0.2) is 8.42 Å². The Morgan fingerprint density at radius 1 is 1.55 bits per heavy atom. The molecule has 0 saturated heterocycles. The van der Waals surface area contributed by atoms with Crippen LogP contribution in [0.25, 0.3) is 0 Å². The van der Waals surface area contributed by atoms with Crippen molar-refractivity contribution in [1.29, 1.82) is 0 Å². The Balaban J connectivity index is 2.21. The highest BCUT2D eigenvalue weighted by Gasteiger charge is 2.21. The number of carboxylic acid groups (broad SMARTS) is 1. The van der Waals surface area contributed by atoms with Crippen molar-refractivity contribution in [2.45, 2.75) is 24.3 Å². The number of carboxylic acids is 1. The Labute approximate surface area is 117 Å². The zero-order valence-corrected chi connectivity index (χ0v) is 11.7. The van der Waals surface area contributed by atoms with Crippen LogP contribution < -0.4 is 14.8 Å². The number of hydrogen-bond donors (Lipinski definition) is 3. The minimum atomic E-state index is -3.83. The molecule has 1 aliphatic rings. The maximum Gasteiger partial charge on any atom is 0.318 e. The summed E-state index contributed by atoms with van der Waals surface area (Å²) in [6.07, 6.45) is 0.919. The molecule has 1 aliphatic heterocycles. The summed E-state index contributed by atoms with van der Waals surface area (Å²) >= 11 is 0. The lowest BCUT2D eigenvalue weighted by Crippen LogP contribution is -2.31. The van der Waals surface area contributed by atoms with E-state index >= 15 is 0 Å². The molecule has 1 heterocycles. The summed E-state index contributed by atoms with van der Waals surface area (Å²) in [5, 5.41) is 11.6. The molecule has 8 heteroatoms. The van der Waals surface area contributed by atoms with Gasteiger partial charge in [-0.2, -0.15) is 4.72 Å². The monoisotopic (exact) mass is 300 g/mol. The molecule has 0 fully saturated rings. The minimum absolute atomic E-state index is 0.00329. The van der Waals surface area contributed by atoms with Crippen molar-refractivity contribution >= 4 is 21.7 Å². The van der Waals surface area contributed by atoms with Crippen LogP contribution in [0.15, 0.2) is 23.1 Å². The molecular formula is C12H16N2O5S. The Hall–Kier alpha value is -1.80. The molecule has 2 rings (SSSR count). The fourth-order valence-corrected chi connectivity index (χ4v) is 2.83. The van der Waals surface area contributed by atoms with Gasteiger partial charge in [-0.3, -0.25) is 4.79 Å². The summed E-state index contributed by atoms with van der Waals surface area (Å²) in [6.45, 7) is 1.96. The number of ether oxygens (including phenoxy) is 1. The van der Waals surface area contributed by atoms with Crippen LogP contribution in [0.5, 0.6) is 5.75 Å². The van der Waals surface area contributed by atoms with E-state index < -0.39 is 22.5 Å². The lowest BCUT2D eigenvalue weighted by molar-refractivity contribution is -0.135. The summed E-state index contributed by atoms with van der Waals surface area (Å²) in [7, 11) is -3.83. The van der Waals surface area contributed by atoms with Gasteiger partial charge >= 0.3 is 5.97 Å². The number of aliphatic carboxylic acids is 1. The first-order valence-corrected chi connectivity index (χ1v) is 7.66. The van der Waals surface area contributed by atoms with Gasteiger partial charge in [0, 0.05) is 0 Å². The van der Waals surface area contributed by atoms with E-state index in [2.05, 4.69) is 5.32 Å². The molecule has 0 aliphatic carbocycles. The van der Waals surface area contributed by atoms with Crippen LogP contribution in [0, 0.1) is 0 Å². The predicted molar refractivity (Wildman–Crippen MR) is 72.5 cm³/mol. The number of sulfonamides is 1. The number of hydrogen-bond acceptors (Lipinski definition) is 5. The number of rotatable bonds is 5. The Morgan fingerprint density at radius 3 is 2.95 bits per heavy atom. The van der Waals surface area contributed by atoms with Crippen molar-refractivity contribution in [3.63, 3.8) is 0 Å². The fourth-order valence-electron chi connectivity index (χ4n) is 1.83. The molecule has 0 bridgehead atoms. The van der Waals surface area contributed by atoms with E-state index in [0.29, 0.717) is 18.0 Å². The molecule has 0 saturated carbocycles. The summed E-state index contributed by atoms with van der Waals surface area (Å²) in [5.41, 5.74) is 0.591. The number of nitrogens with one attached hydrogen (secondary N) is 2. The molecule has 0 aromatic heterocycles. The average Bonchev–Trinajstić information content (AvgIpc) is 2.44. The van der Waals surface area contributed by atoms with Gasteiger partial charge in [0.2, 0.25) is 10.0 Å². The molecule has 7 nitrogen and oxygen atoms in total. The van der Waals surface area contributed by atoms with E-state index in [1.54, 1.807) is 6.07 Å². The van der Waals surface area contributed by atoms with E-state index in [1.807, 2.05) is 11.6 Å². The molecule has 1 aromatic rings. The van der Waals surface area contributed by atoms with Crippen molar-refractivity contribution in [2.75, 3.05) is 18.4 Å². The van der Waals surface area contributed by atoms with Crippen LogP contribution in [0.3, 0.4) is 0 Å². The summed E-state index contributed by atoms with van der Waals surface area (Å²) in [5.74, 6) is -0.640. The maximum atomic E-state index is 11.9. The van der Waals surface area contributed by atoms with Crippen molar-refractivity contribution in [2.24, 2.45) is 0 Å². The maximum absolute atomic E-state index is 11.9. The molecule has 1 unspecified atom stereocenters. The van der Waals surface area contributed by atoms with Crippen LogP contribution in [-0.4, -0.2) is 38.7 Å². The molecule has 1 aromatic carbocycles. The Kier molecular flexibility index (Phi) is 4.15. The Bertz CT molecular complexity index is 614. The lowest BCUT2D eigenvalue weighted by atomic mass is 10.2. The third-order valence-corrected chi connectivity index (χ3v) is 4.34. The second-order valence-electron chi connectivity index (χ2n) is 4.41. The minimum Gasteiger partial charge on any atom is -0.486 e. The zero-order valence-electron chi connectivity index (χ0n) is 10.9. The standard InChI is InChI=1S/C12H16N2O5S/c1-2-8-6-13-10-5-9(3-4-11(10)19-8)20(17,18)14-7-12(15)16/h3-5,8,13-14H,2,6-7H2,1H3,(H,15,16). The number of benzene rings is 1. The normalized spacial score (nSPS) is 17.8. The quantitative estimate of drug-likeness (QED) is 0.737. The highest BCUT2D eigenvalue weighted by Crippen LogP contribution is 2.31. The van der Waals surface area contributed by atoms with E-state index in [4.69, 9.17) is 9.84 Å². The van der Waals surface area contributed by atoms with Gasteiger partial charge in [0.15, 0.2) is 0 Å². The summed E-state index contributed by atoms with van der Waals surface area (Å²) in [6, 6.07) is 4.40. The van der Waals surface area contributed by atoms with Crippen molar-refractivity contribution in [3.8, 4) is 5.75 Å². The van der Waals surface area contributed by atoms with Crippen LogP contribution in [0.2, 0.25) is 0 Å². The van der Waals surface area contributed by atoms with Gasteiger partial charge in [-0.15, -0.1) is 0 Å². The third-order valence-electron chi connectivity index (χ3n) is 2.94. The smallest absolute Gasteiger partial charge is 0.318 e. The molecule has 0 spiro atoms. The van der Waals surface area contributed by atoms with Gasteiger partial charge in [0.05, 0.1) is 17.1 Å². The van der Waals surface area contributed by atoms with Crippen LogP contribution in [-0.2, 0) is 14.8 Å². The second kappa shape index (κ2) is 5.68. The van der Waals surface area contributed by atoms with E-state index in [9.17, 15) is 13.2 Å². The highest BCUT2D eigenvalue weighted by atomic mass is 32.2. The van der Waals surface area contributed by atoms with Crippen LogP contribution in [0.4, 0.5) is 5.69 Å². The number of fused-ring (bicyclic) bond motifs is 1. The van der Waals surface area contributed by atoms with Gasteiger partial charge < -0.3 is 15.2 Å². The number of carbonyl (C=O) groups is 1. The van der Waals surface area contributed by atoms with E-state index in [1.165, 1.54) is 12.1 Å². The van der Waals surface area contributed by atoms with Crippen LogP contribution in [0.1, 0.15) is 13.3 Å². The van der Waals surface area contributed by atoms with Gasteiger partial charge in [-0.1, -0.05) is 6.92 Å². The van der Waals surface area contributed by atoms with Gasteiger partial charge in [-0.05, 0) is 24.6 Å². The Morgan fingerprint density at radius 2 is 2.30 bits per heavy atom. The molecule has 110 valence electrons. The molecule has 0 radical (unpaired) electrons. The second-order valence-corrected chi connectivity index (χ2v) is 6.17. The molecular weight excluding hydrogens is 284 g/mol. The van der Waals surface area contributed by atoms with Crippen molar-refractivity contribution in [3.05, 3.63) is 18.2 Å². The topological polar surface area (TPSA) is 105 Å². The average molecular weight is 300 g/mol. The predicted octanol–water partition coefficient (Wildman–Crippen LogP) is 0.632. The van der Waals surface area contributed by atoms with Crippen molar-refractivity contribution < 1.29 is 23.1 Å². The van der Waals surface area contributed by atoms with Crippen LogP contribution >= 0.6 is 0 Å². The van der Waals surface area contributed by atoms with E-state index in [-0.39, 0.29) is 11.0 Å². The SMILES string of the molecule is CCC1CNc2cc(S(=O)(=O)NCC(=O)O)ccc2O1. The van der Waals surface area contributed by atoms with Gasteiger partial charge in [0.25, 0.3) is 0 Å². The largest absolute Gasteiger partial charge is 0.486 e.